The van der Waals surface area contributed by atoms with Gasteiger partial charge in [-0.25, -0.2) is 4.68 Å². The summed E-state index contributed by atoms with van der Waals surface area (Å²) in [6, 6.07) is 22.4. The first-order chi connectivity index (χ1) is 22.4. The van der Waals surface area contributed by atoms with Crippen molar-refractivity contribution in [3.8, 4) is 0 Å². The van der Waals surface area contributed by atoms with E-state index < -0.39 is 6.29 Å². The zero-order valence-corrected chi connectivity index (χ0v) is 26.5. The van der Waals surface area contributed by atoms with Crippen molar-refractivity contribution < 1.29 is 24.2 Å². The second kappa shape index (κ2) is 16.3. The van der Waals surface area contributed by atoms with Gasteiger partial charge in [0.25, 0.3) is 0 Å². The van der Waals surface area contributed by atoms with Crippen LogP contribution in [-0.4, -0.2) is 49.0 Å². The molecule has 1 aliphatic heterocycles. The largest absolute Gasteiger partial charge is 0.397 e. The molecule has 46 heavy (non-hydrogen) atoms. The molecule has 1 fully saturated rings. The summed E-state index contributed by atoms with van der Waals surface area (Å²) in [4.78, 5) is 25.0. The lowest BCUT2D eigenvalue weighted by molar-refractivity contribution is -0.245. The van der Waals surface area contributed by atoms with Crippen LogP contribution in [0.15, 0.2) is 78.0 Å². The lowest BCUT2D eigenvalue weighted by Gasteiger charge is -2.36. The number of nitrogen functional groups attached to an aromatic ring is 1. The molecule has 5 N–H and O–H groups in total. The Balaban J connectivity index is 1.14. The van der Waals surface area contributed by atoms with Crippen molar-refractivity contribution in [2.75, 3.05) is 22.1 Å². The number of benzene rings is 3. The van der Waals surface area contributed by atoms with Crippen LogP contribution in [0.3, 0.4) is 0 Å². The molecule has 0 saturated carbocycles. The average Bonchev–Trinajstić information content (AvgIpc) is 3.49. The third kappa shape index (κ3) is 9.36. The number of unbranched alkanes of at least 4 members (excludes halogenated alkanes) is 2. The van der Waals surface area contributed by atoms with Crippen molar-refractivity contribution in [1.82, 2.24) is 20.2 Å². The summed E-state index contributed by atoms with van der Waals surface area (Å²) in [5.74, 6) is 0.428. The highest BCUT2D eigenvalue weighted by Crippen LogP contribution is 2.39. The lowest BCUT2D eigenvalue weighted by Crippen LogP contribution is -2.31. The Hall–Kier alpha value is -4.30. The quantitative estimate of drug-likeness (QED) is 0.0818. The molecule has 3 aromatic carbocycles. The van der Waals surface area contributed by atoms with E-state index in [0.29, 0.717) is 60.1 Å². The van der Waals surface area contributed by atoms with Crippen LogP contribution >= 0.6 is 11.8 Å². The number of hydrogen-bond acceptors (Lipinski definition) is 10. The van der Waals surface area contributed by atoms with Crippen molar-refractivity contribution in [2.24, 2.45) is 7.05 Å². The number of nitrogens with one attached hydrogen (secondary N) is 2. The number of anilines is 3. The standard InChI is InChI=1S/C33H39N7O5S/c1-40-33(37-38-39-40)46-21-26-19-29(23-16-14-22(20-41)15-17-23)45-32(44-26)24-8-7-9-25(18-24)35-30(42)12-3-2-4-13-31(43)36-28-11-6-5-10-27(28)34/h5-11,14-18,26,29,32,41H,2-4,12-13,19-21,34H2,1H3,(H,35,42)(H,36,43)/t26-,29+,32+/m1/s1. The van der Waals surface area contributed by atoms with Gasteiger partial charge in [0, 0.05) is 43.3 Å². The number of aliphatic hydroxyl groups excluding tert-OH is 1. The molecule has 1 aromatic heterocycles. The van der Waals surface area contributed by atoms with E-state index in [-0.39, 0.29) is 30.6 Å². The van der Waals surface area contributed by atoms with Crippen LogP contribution in [0.2, 0.25) is 0 Å². The van der Waals surface area contributed by atoms with Crippen molar-refractivity contribution in [3.63, 3.8) is 0 Å². The summed E-state index contributed by atoms with van der Waals surface area (Å²) in [6.07, 6.45) is 2.37. The van der Waals surface area contributed by atoms with E-state index in [1.807, 2.05) is 60.7 Å². The zero-order valence-electron chi connectivity index (χ0n) is 25.7. The van der Waals surface area contributed by atoms with Gasteiger partial charge in [-0.15, -0.1) is 5.10 Å². The summed E-state index contributed by atoms with van der Waals surface area (Å²) in [5.41, 5.74) is 10.3. The molecule has 5 rings (SSSR count). The zero-order chi connectivity index (χ0) is 32.3. The minimum Gasteiger partial charge on any atom is -0.397 e. The number of carbonyl (C=O) groups is 2. The number of thioether (sulfide) groups is 1. The molecular formula is C33H39N7O5S. The Morgan fingerprint density at radius 1 is 0.957 bits per heavy atom. The number of ether oxygens (including phenoxy) is 2. The molecular weight excluding hydrogens is 606 g/mol. The van der Waals surface area contributed by atoms with Gasteiger partial charge in [0.2, 0.25) is 17.0 Å². The summed E-state index contributed by atoms with van der Waals surface area (Å²) in [7, 11) is 1.80. The number of aryl methyl sites for hydroxylation is 1. The highest BCUT2D eigenvalue weighted by atomic mass is 32.2. The Morgan fingerprint density at radius 3 is 2.43 bits per heavy atom. The highest BCUT2D eigenvalue weighted by molar-refractivity contribution is 7.99. The summed E-state index contributed by atoms with van der Waals surface area (Å²) < 4.78 is 14.5. The predicted octanol–water partition coefficient (Wildman–Crippen LogP) is 5.15. The highest BCUT2D eigenvalue weighted by Gasteiger charge is 2.32. The molecule has 0 unspecified atom stereocenters. The van der Waals surface area contributed by atoms with Crippen molar-refractivity contribution in [2.45, 2.75) is 68.8 Å². The van der Waals surface area contributed by atoms with Gasteiger partial charge in [-0.1, -0.05) is 66.7 Å². The Labute approximate surface area is 272 Å². The SMILES string of the molecule is Cn1nnnc1SC[C@H]1C[C@@H](c2ccc(CO)cc2)O[C@@H](c2cccc(NC(=O)CCCCCC(=O)Nc3ccccc3N)c2)O1. The minimum absolute atomic E-state index is 0.0249. The van der Waals surface area contributed by atoms with Gasteiger partial charge in [-0.3, -0.25) is 9.59 Å². The second-order valence-corrected chi connectivity index (χ2v) is 12.1. The van der Waals surface area contributed by atoms with E-state index in [1.165, 1.54) is 11.8 Å². The third-order valence-electron chi connectivity index (χ3n) is 7.58. The molecule has 4 aromatic rings. The second-order valence-electron chi connectivity index (χ2n) is 11.1. The van der Waals surface area contributed by atoms with Crippen LogP contribution in [0.4, 0.5) is 17.1 Å². The first-order valence-corrected chi connectivity index (χ1v) is 16.3. The fourth-order valence-corrected chi connectivity index (χ4v) is 5.96. The normalized spacial score (nSPS) is 17.8. The summed E-state index contributed by atoms with van der Waals surface area (Å²) >= 11 is 1.51. The number of nitrogens with two attached hydrogens (primary N) is 1. The molecule has 0 spiro atoms. The molecule has 1 aliphatic rings. The number of rotatable bonds is 14. The van der Waals surface area contributed by atoms with E-state index >= 15 is 0 Å². The van der Waals surface area contributed by atoms with Gasteiger partial charge in [0.05, 0.1) is 30.2 Å². The molecule has 0 aliphatic carbocycles. The van der Waals surface area contributed by atoms with Crippen LogP contribution < -0.4 is 16.4 Å². The van der Waals surface area contributed by atoms with Crippen LogP contribution in [0.5, 0.6) is 0 Å². The number of carbonyl (C=O) groups excluding carboxylic acids is 2. The Bertz CT molecular complexity index is 1600. The Morgan fingerprint density at radius 2 is 1.72 bits per heavy atom. The van der Waals surface area contributed by atoms with E-state index in [9.17, 15) is 14.7 Å². The fourth-order valence-electron chi connectivity index (χ4n) is 5.09. The maximum Gasteiger partial charge on any atom is 0.224 e. The van der Waals surface area contributed by atoms with E-state index in [4.69, 9.17) is 15.2 Å². The number of hydrogen-bond donors (Lipinski definition) is 4. The van der Waals surface area contributed by atoms with Gasteiger partial charge in [-0.2, -0.15) is 0 Å². The van der Waals surface area contributed by atoms with Crippen LogP contribution in [-0.2, 0) is 32.7 Å². The first-order valence-electron chi connectivity index (χ1n) is 15.3. The van der Waals surface area contributed by atoms with Crippen molar-refractivity contribution in [1.29, 1.82) is 0 Å². The average molecular weight is 646 g/mol. The van der Waals surface area contributed by atoms with E-state index in [2.05, 4.69) is 26.2 Å². The maximum absolute atomic E-state index is 12.7. The molecule has 13 heteroatoms. The number of aromatic nitrogens is 4. The predicted molar refractivity (Wildman–Crippen MR) is 176 cm³/mol. The van der Waals surface area contributed by atoms with Gasteiger partial charge >= 0.3 is 0 Å². The molecule has 1 saturated heterocycles. The first kappa shape index (κ1) is 33.1. The molecule has 0 bridgehead atoms. The van der Waals surface area contributed by atoms with Crippen molar-refractivity contribution in [3.05, 3.63) is 89.5 Å². The van der Waals surface area contributed by atoms with Crippen LogP contribution in [0, 0.1) is 0 Å². The third-order valence-corrected chi connectivity index (χ3v) is 8.72. The maximum atomic E-state index is 12.7. The fraction of sp³-hybridized carbons (Fsp3) is 0.364. The lowest BCUT2D eigenvalue weighted by atomic mass is 10.0. The molecule has 2 heterocycles. The molecule has 12 nitrogen and oxygen atoms in total. The number of nitrogens with zero attached hydrogens (tertiary/aromatic N) is 4. The van der Waals surface area contributed by atoms with Crippen molar-refractivity contribution >= 4 is 40.6 Å². The van der Waals surface area contributed by atoms with E-state index in [1.54, 1.807) is 23.9 Å². The summed E-state index contributed by atoms with van der Waals surface area (Å²) in [6.45, 7) is -0.0249. The summed E-state index contributed by atoms with van der Waals surface area (Å²) in [5, 5.41) is 27.6. The van der Waals surface area contributed by atoms with Gasteiger partial charge in [-0.05, 0) is 58.7 Å². The molecule has 3 atom stereocenters. The van der Waals surface area contributed by atoms with Crippen LogP contribution in [0.25, 0.3) is 0 Å². The van der Waals surface area contributed by atoms with Gasteiger partial charge < -0.3 is 30.9 Å². The number of aliphatic hydroxyl groups is 1. The minimum atomic E-state index is -0.659. The smallest absolute Gasteiger partial charge is 0.224 e. The number of tetrazole rings is 1. The topological polar surface area (TPSA) is 167 Å². The monoisotopic (exact) mass is 645 g/mol. The Kier molecular flexibility index (Phi) is 11.7. The van der Waals surface area contributed by atoms with Gasteiger partial charge in [0.15, 0.2) is 6.29 Å². The van der Waals surface area contributed by atoms with Crippen LogP contribution in [0.1, 0.15) is 67.6 Å². The number of para-hydroxylation sites is 2. The van der Waals surface area contributed by atoms with E-state index in [0.717, 1.165) is 23.1 Å². The van der Waals surface area contributed by atoms with Gasteiger partial charge in [0.1, 0.15) is 0 Å². The molecule has 242 valence electrons. The number of amides is 2. The molecule has 0 radical (unpaired) electrons. The molecule has 2 amide bonds.